The topological polar surface area (TPSA) is 61.8 Å². The maximum Gasteiger partial charge on any atom is 0.264 e. The number of methoxy groups -OCH3 is 2. The van der Waals surface area contributed by atoms with Crippen molar-refractivity contribution < 1.29 is 22.1 Å². The third-order valence-corrected chi connectivity index (χ3v) is 2.95. The lowest BCUT2D eigenvalue weighted by molar-refractivity contribution is 0.315. The minimum absolute atomic E-state index is 0.188. The van der Waals surface area contributed by atoms with E-state index in [9.17, 15) is 8.42 Å². The van der Waals surface area contributed by atoms with E-state index in [1.54, 1.807) is 14.2 Å². The molecule has 0 N–H and O–H groups in total. The summed E-state index contributed by atoms with van der Waals surface area (Å²) in [5, 5.41) is 0. The van der Waals surface area contributed by atoms with E-state index >= 15 is 0 Å². The molecule has 0 unspecified atom stereocenters. The van der Waals surface area contributed by atoms with Crippen LogP contribution >= 0.6 is 0 Å². The summed E-state index contributed by atoms with van der Waals surface area (Å²) in [6, 6.07) is 5.62. The van der Waals surface area contributed by atoms with Crippen LogP contribution in [0.3, 0.4) is 0 Å². The molecule has 0 aliphatic rings. The summed E-state index contributed by atoms with van der Waals surface area (Å²) in [7, 11) is -0.188. The Morgan fingerprint density at radius 3 is 2.33 bits per heavy atom. The van der Waals surface area contributed by atoms with E-state index in [1.807, 2.05) is 18.2 Å². The van der Waals surface area contributed by atoms with Gasteiger partial charge in [0.15, 0.2) is 11.5 Å². The molecule has 18 heavy (non-hydrogen) atoms. The predicted molar refractivity (Wildman–Crippen MR) is 68.7 cm³/mol. The van der Waals surface area contributed by atoms with Gasteiger partial charge in [0, 0.05) is 0 Å². The van der Waals surface area contributed by atoms with Gasteiger partial charge in [-0.05, 0) is 30.5 Å². The van der Waals surface area contributed by atoms with Crippen molar-refractivity contribution in [1.82, 2.24) is 0 Å². The number of hydrogen-bond acceptors (Lipinski definition) is 5. The van der Waals surface area contributed by atoms with Gasteiger partial charge in [-0.2, -0.15) is 8.42 Å². The second kappa shape index (κ2) is 6.61. The second-order valence-corrected chi connectivity index (χ2v) is 5.46. The van der Waals surface area contributed by atoms with Crippen molar-refractivity contribution in [3.63, 3.8) is 0 Å². The largest absolute Gasteiger partial charge is 0.493 e. The van der Waals surface area contributed by atoms with Gasteiger partial charge < -0.3 is 9.47 Å². The standard InChI is InChI=1S/C12H18O5S/c1-15-11-7-6-10(9-12(11)16-2)5-4-8-17-18(3,13)14/h6-7,9H,4-5,8H2,1-3H3. The van der Waals surface area contributed by atoms with Crippen molar-refractivity contribution in [1.29, 1.82) is 0 Å². The summed E-state index contributed by atoms with van der Waals surface area (Å²) in [5.74, 6) is 1.34. The monoisotopic (exact) mass is 274 g/mol. The quantitative estimate of drug-likeness (QED) is 0.558. The van der Waals surface area contributed by atoms with E-state index in [2.05, 4.69) is 4.18 Å². The number of benzene rings is 1. The van der Waals surface area contributed by atoms with Gasteiger partial charge in [-0.15, -0.1) is 0 Å². The molecule has 1 aromatic rings. The number of hydrogen-bond donors (Lipinski definition) is 0. The fourth-order valence-corrected chi connectivity index (χ4v) is 1.94. The van der Waals surface area contributed by atoms with E-state index in [1.165, 1.54) is 0 Å². The molecule has 0 aliphatic carbocycles. The molecule has 5 nitrogen and oxygen atoms in total. The van der Waals surface area contributed by atoms with Gasteiger partial charge in [-0.1, -0.05) is 6.07 Å². The minimum Gasteiger partial charge on any atom is -0.493 e. The highest BCUT2D eigenvalue weighted by atomic mass is 32.2. The van der Waals surface area contributed by atoms with E-state index < -0.39 is 10.1 Å². The van der Waals surface area contributed by atoms with Gasteiger partial charge in [0.25, 0.3) is 10.1 Å². The first-order valence-corrected chi connectivity index (χ1v) is 7.33. The van der Waals surface area contributed by atoms with Crippen LogP contribution < -0.4 is 9.47 Å². The third kappa shape index (κ3) is 4.93. The van der Waals surface area contributed by atoms with Crippen molar-refractivity contribution in [2.24, 2.45) is 0 Å². The maximum absolute atomic E-state index is 10.8. The van der Waals surface area contributed by atoms with E-state index in [-0.39, 0.29) is 6.61 Å². The molecule has 0 fully saturated rings. The maximum atomic E-state index is 10.8. The molecule has 0 aromatic heterocycles. The van der Waals surface area contributed by atoms with Crippen LogP contribution in [0.2, 0.25) is 0 Å². The molecule has 0 amide bonds. The zero-order chi connectivity index (χ0) is 13.6. The smallest absolute Gasteiger partial charge is 0.264 e. The molecular weight excluding hydrogens is 256 g/mol. The first-order chi connectivity index (χ1) is 8.46. The average Bonchev–Trinajstić information content (AvgIpc) is 2.33. The lowest BCUT2D eigenvalue weighted by Gasteiger charge is -2.09. The molecule has 0 saturated heterocycles. The van der Waals surface area contributed by atoms with Crippen molar-refractivity contribution in [3.05, 3.63) is 23.8 Å². The molecule has 0 spiro atoms. The fraction of sp³-hybridized carbons (Fsp3) is 0.500. The Morgan fingerprint density at radius 1 is 1.11 bits per heavy atom. The molecule has 0 aliphatic heterocycles. The molecule has 1 aromatic carbocycles. The van der Waals surface area contributed by atoms with Crippen LogP contribution in [0.4, 0.5) is 0 Å². The lowest BCUT2D eigenvalue weighted by atomic mass is 10.1. The second-order valence-electron chi connectivity index (χ2n) is 3.82. The SMILES string of the molecule is COc1ccc(CCCOS(C)(=O)=O)cc1OC. The molecule has 6 heteroatoms. The molecule has 0 heterocycles. The summed E-state index contributed by atoms with van der Waals surface area (Å²) < 4.78 is 36.5. The van der Waals surface area contributed by atoms with E-state index in [0.717, 1.165) is 18.2 Å². The first-order valence-electron chi connectivity index (χ1n) is 5.51. The number of ether oxygens (including phenoxy) is 2. The summed E-state index contributed by atoms with van der Waals surface area (Å²) >= 11 is 0. The zero-order valence-corrected chi connectivity index (χ0v) is 11.6. The Balaban J connectivity index is 2.53. The van der Waals surface area contributed by atoms with Crippen LogP contribution in [0.5, 0.6) is 11.5 Å². The van der Waals surface area contributed by atoms with Crippen molar-refractivity contribution in [2.75, 3.05) is 27.1 Å². The highest BCUT2D eigenvalue weighted by Gasteiger charge is 2.05. The van der Waals surface area contributed by atoms with E-state index in [0.29, 0.717) is 17.9 Å². The molecule has 0 atom stereocenters. The Bertz CT molecular complexity index is 481. The third-order valence-electron chi connectivity index (χ3n) is 2.36. The van der Waals surface area contributed by atoms with Crippen molar-refractivity contribution in [2.45, 2.75) is 12.8 Å². The highest BCUT2D eigenvalue weighted by Crippen LogP contribution is 2.27. The van der Waals surface area contributed by atoms with Gasteiger partial charge in [-0.25, -0.2) is 0 Å². The van der Waals surface area contributed by atoms with Crippen LogP contribution in [-0.4, -0.2) is 35.5 Å². The van der Waals surface area contributed by atoms with Gasteiger partial charge in [0.1, 0.15) is 0 Å². The number of rotatable bonds is 7. The van der Waals surface area contributed by atoms with Gasteiger partial charge in [0.05, 0.1) is 27.1 Å². The molecular formula is C12H18O5S. The summed E-state index contributed by atoms with van der Waals surface area (Å²) in [6.07, 6.45) is 2.39. The average molecular weight is 274 g/mol. The van der Waals surface area contributed by atoms with Crippen LogP contribution in [0.15, 0.2) is 18.2 Å². The Hall–Kier alpha value is -1.27. The number of aryl methyl sites for hydroxylation is 1. The van der Waals surface area contributed by atoms with Crippen LogP contribution in [-0.2, 0) is 20.7 Å². The normalized spacial score (nSPS) is 11.3. The highest BCUT2D eigenvalue weighted by molar-refractivity contribution is 7.85. The van der Waals surface area contributed by atoms with Gasteiger partial charge in [-0.3, -0.25) is 4.18 Å². The molecule has 102 valence electrons. The van der Waals surface area contributed by atoms with Crippen LogP contribution in [0, 0.1) is 0 Å². The fourth-order valence-electron chi connectivity index (χ4n) is 1.52. The lowest BCUT2D eigenvalue weighted by Crippen LogP contribution is -2.05. The summed E-state index contributed by atoms with van der Waals surface area (Å²) in [5.41, 5.74) is 1.05. The van der Waals surface area contributed by atoms with E-state index in [4.69, 9.17) is 9.47 Å². The Kier molecular flexibility index (Phi) is 5.43. The van der Waals surface area contributed by atoms with Gasteiger partial charge in [0.2, 0.25) is 0 Å². The van der Waals surface area contributed by atoms with Crippen molar-refractivity contribution >= 4 is 10.1 Å². The van der Waals surface area contributed by atoms with Crippen LogP contribution in [0.1, 0.15) is 12.0 Å². The summed E-state index contributed by atoms with van der Waals surface area (Å²) in [6.45, 7) is 0.188. The van der Waals surface area contributed by atoms with Crippen LogP contribution in [0.25, 0.3) is 0 Å². The van der Waals surface area contributed by atoms with Gasteiger partial charge >= 0.3 is 0 Å². The zero-order valence-electron chi connectivity index (χ0n) is 10.8. The predicted octanol–water partition coefficient (Wildman–Crippen LogP) is 1.61. The Labute approximate surface area is 108 Å². The molecule has 1 rings (SSSR count). The minimum atomic E-state index is -3.35. The van der Waals surface area contributed by atoms with Crippen molar-refractivity contribution in [3.8, 4) is 11.5 Å². The first kappa shape index (κ1) is 14.8. The summed E-state index contributed by atoms with van der Waals surface area (Å²) in [4.78, 5) is 0. The Morgan fingerprint density at radius 2 is 1.78 bits per heavy atom. The molecule has 0 bridgehead atoms. The molecule has 0 radical (unpaired) electrons. The molecule has 0 saturated carbocycles.